The SMILES string of the molecule is Cc1nc(C(F)(F)F)cn1C1CCN(c2cnn(-c3ccc(F)cc3)c2C(C)C)C1=O. The van der Waals surface area contributed by atoms with Gasteiger partial charge in [-0.25, -0.2) is 14.1 Å². The van der Waals surface area contributed by atoms with Crippen LogP contribution in [0.15, 0.2) is 36.7 Å². The molecule has 1 saturated heterocycles. The second-order valence-electron chi connectivity index (χ2n) is 7.83. The van der Waals surface area contributed by atoms with Gasteiger partial charge in [-0.15, -0.1) is 0 Å². The van der Waals surface area contributed by atoms with E-state index in [0.717, 1.165) is 11.9 Å². The summed E-state index contributed by atoms with van der Waals surface area (Å²) in [7, 11) is 0. The Labute approximate surface area is 176 Å². The van der Waals surface area contributed by atoms with Gasteiger partial charge in [-0.1, -0.05) is 13.8 Å². The first kappa shape index (κ1) is 21.1. The van der Waals surface area contributed by atoms with Crippen LogP contribution in [0.5, 0.6) is 0 Å². The number of nitrogens with zero attached hydrogens (tertiary/aromatic N) is 5. The van der Waals surface area contributed by atoms with Crippen molar-refractivity contribution in [3.8, 4) is 5.69 Å². The van der Waals surface area contributed by atoms with E-state index in [2.05, 4.69) is 10.1 Å². The van der Waals surface area contributed by atoms with Gasteiger partial charge in [0.15, 0.2) is 5.69 Å². The van der Waals surface area contributed by atoms with Gasteiger partial charge in [-0.3, -0.25) is 4.79 Å². The van der Waals surface area contributed by atoms with Gasteiger partial charge in [0.05, 0.1) is 23.3 Å². The van der Waals surface area contributed by atoms with E-state index in [-0.39, 0.29) is 23.5 Å². The van der Waals surface area contributed by atoms with Gasteiger partial charge in [0, 0.05) is 12.7 Å². The highest BCUT2D eigenvalue weighted by atomic mass is 19.4. The van der Waals surface area contributed by atoms with Crippen molar-refractivity contribution < 1.29 is 22.4 Å². The van der Waals surface area contributed by atoms with Crippen LogP contribution in [0.3, 0.4) is 0 Å². The second-order valence-corrected chi connectivity index (χ2v) is 7.83. The number of benzene rings is 1. The lowest BCUT2D eigenvalue weighted by Gasteiger charge is -2.20. The summed E-state index contributed by atoms with van der Waals surface area (Å²) in [5, 5.41) is 4.40. The molecule has 164 valence electrons. The smallest absolute Gasteiger partial charge is 0.322 e. The third kappa shape index (κ3) is 3.70. The van der Waals surface area contributed by atoms with Gasteiger partial charge >= 0.3 is 6.18 Å². The molecule has 10 heteroatoms. The number of hydrogen-bond donors (Lipinski definition) is 0. The molecule has 31 heavy (non-hydrogen) atoms. The Morgan fingerprint density at radius 2 is 1.84 bits per heavy atom. The number of carbonyl (C=O) groups is 1. The summed E-state index contributed by atoms with van der Waals surface area (Å²) in [6.45, 7) is 5.71. The first-order valence-electron chi connectivity index (χ1n) is 9.86. The monoisotopic (exact) mass is 435 g/mol. The number of carbonyl (C=O) groups excluding carboxylic acids is 1. The number of anilines is 1. The zero-order valence-corrected chi connectivity index (χ0v) is 17.2. The summed E-state index contributed by atoms with van der Waals surface area (Å²) in [4.78, 5) is 18.3. The highest BCUT2D eigenvalue weighted by Crippen LogP contribution is 2.36. The molecule has 1 aromatic carbocycles. The van der Waals surface area contributed by atoms with Crippen LogP contribution in [-0.4, -0.2) is 31.8 Å². The van der Waals surface area contributed by atoms with Crippen LogP contribution in [0.2, 0.25) is 0 Å². The zero-order valence-electron chi connectivity index (χ0n) is 17.2. The van der Waals surface area contributed by atoms with E-state index in [1.54, 1.807) is 27.9 Å². The molecule has 1 aliphatic heterocycles. The van der Waals surface area contributed by atoms with Crippen LogP contribution in [0, 0.1) is 12.7 Å². The molecule has 0 spiro atoms. The number of alkyl halides is 3. The van der Waals surface area contributed by atoms with E-state index in [9.17, 15) is 22.4 Å². The Hall–Kier alpha value is -3.17. The molecule has 0 N–H and O–H groups in total. The maximum Gasteiger partial charge on any atom is 0.434 e. The van der Waals surface area contributed by atoms with Gasteiger partial charge in [-0.2, -0.15) is 18.3 Å². The summed E-state index contributed by atoms with van der Waals surface area (Å²) in [5.41, 5.74) is 1.00. The maximum atomic E-state index is 13.3. The number of rotatable bonds is 4. The predicted molar refractivity (Wildman–Crippen MR) is 106 cm³/mol. The highest BCUT2D eigenvalue weighted by Gasteiger charge is 2.40. The molecular formula is C21H21F4N5O. The fraction of sp³-hybridized carbons (Fsp3) is 0.381. The Kier molecular flexibility index (Phi) is 5.10. The average molecular weight is 435 g/mol. The quantitative estimate of drug-likeness (QED) is 0.562. The molecule has 1 aliphatic rings. The molecule has 2 aromatic heterocycles. The first-order chi connectivity index (χ1) is 14.6. The second kappa shape index (κ2) is 7.51. The lowest BCUT2D eigenvalue weighted by molar-refractivity contribution is -0.141. The molecule has 1 fully saturated rings. The Morgan fingerprint density at radius 3 is 2.42 bits per heavy atom. The van der Waals surface area contributed by atoms with Crippen molar-refractivity contribution in [2.45, 2.75) is 45.3 Å². The van der Waals surface area contributed by atoms with E-state index < -0.39 is 17.9 Å². The summed E-state index contributed by atoms with van der Waals surface area (Å²) < 4.78 is 55.4. The normalized spacial score (nSPS) is 17.2. The van der Waals surface area contributed by atoms with Crippen LogP contribution in [0.25, 0.3) is 5.69 Å². The molecule has 3 heterocycles. The van der Waals surface area contributed by atoms with Crippen LogP contribution < -0.4 is 4.90 Å². The van der Waals surface area contributed by atoms with Gasteiger partial charge in [-0.05, 0) is 43.5 Å². The minimum Gasteiger partial charge on any atom is -0.322 e. The Bertz CT molecular complexity index is 1110. The van der Waals surface area contributed by atoms with E-state index in [0.29, 0.717) is 24.3 Å². The third-order valence-electron chi connectivity index (χ3n) is 5.42. The summed E-state index contributed by atoms with van der Waals surface area (Å²) in [6.07, 6.45) is -1.75. The van der Waals surface area contributed by atoms with Gasteiger partial charge < -0.3 is 9.47 Å². The van der Waals surface area contributed by atoms with Crippen molar-refractivity contribution in [2.24, 2.45) is 0 Å². The predicted octanol–water partition coefficient (Wildman–Crippen LogP) is 4.64. The minimum atomic E-state index is -4.57. The Morgan fingerprint density at radius 1 is 1.16 bits per heavy atom. The molecule has 0 bridgehead atoms. The average Bonchev–Trinajstić information content (AvgIpc) is 3.38. The summed E-state index contributed by atoms with van der Waals surface area (Å²) in [5.74, 6) is -0.552. The zero-order chi connectivity index (χ0) is 22.5. The van der Waals surface area contributed by atoms with E-state index >= 15 is 0 Å². The standard InChI is InChI=1S/C21H21F4N5O/c1-12(2)19-17(10-26-30(19)15-6-4-14(22)5-7-15)28-9-8-16(20(28)31)29-11-18(21(23,24)25)27-13(29)3/h4-7,10-12,16H,8-9H2,1-3H3. The largest absolute Gasteiger partial charge is 0.434 e. The molecule has 4 rings (SSSR count). The van der Waals surface area contributed by atoms with Crippen LogP contribution in [0.4, 0.5) is 23.2 Å². The molecule has 1 amide bonds. The number of aromatic nitrogens is 4. The molecule has 1 unspecified atom stereocenters. The number of imidazole rings is 1. The number of hydrogen-bond acceptors (Lipinski definition) is 3. The molecule has 6 nitrogen and oxygen atoms in total. The van der Waals surface area contributed by atoms with Crippen molar-refractivity contribution in [1.82, 2.24) is 19.3 Å². The molecule has 1 atom stereocenters. The molecular weight excluding hydrogens is 414 g/mol. The first-order valence-corrected chi connectivity index (χ1v) is 9.86. The van der Waals surface area contributed by atoms with Gasteiger partial charge in [0.25, 0.3) is 0 Å². The van der Waals surface area contributed by atoms with Crippen LogP contribution >= 0.6 is 0 Å². The van der Waals surface area contributed by atoms with Crippen LogP contribution in [-0.2, 0) is 11.0 Å². The highest BCUT2D eigenvalue weighted by molar-refractivity contribution is 5.99. The summed E-state index contributed by atoms with van der Waals surface area (Å²) in [6, 6.07) is 5.09. The van der Waals surface area contributed by atoms with E-state index in [1.807, 2.05) is 13.8 Å². The van der Waals surface area contributed by atoms with Gasteiger partial charge in [0.2, 0.25) is 5.91 Å². The fourth-order valence-corrected chi connectivity index (χ4v) is 3.99. The van der Waals surface area contributed by atoms with Crippen LogP contribution in [0.1, 0.15) is 49.4 Å². The van der Waals surface area contributed by atoms with Crippen molar-refractivity contribution in [2.75, 3.05) is 11.4 Å². The topological polar surface area (TPSA) is 56.0 Å². The number of aryl methyl sites for hydroxylation is 1. The maximum absolute atomic E-state index is 13.3. The van der Waals surface area contributed by atoms with E-state index in [4.69, 9.17) is 0 Å². The van der Waals surface area contributed by atoms with E-state index in [1.165, 1.54) is 23.6 Å². The summed E-state index contributed by atoms with van der Waals surface area (Å²) >= 11 is 0. The van der Waals surface area contributed by atoms with Crippen molar-refractivity contribution in [3.63, 3.8) is 0 Å². The lowest BCUT2D eigenvalue weighted by atomic mass is 10.1. The number of amides is 1. The fourth-order valence-electron chi connectivity index (χ4n) is 3.99. The molecule has 0 aliphatic carbocycles. The molecule has 0 radical (unpaired) electrons. The number of halogens is 4. The molecule has 0 saturated carbocycles. The lowest BCUT2D eigenvalue weighted by Crippen LogP contribution is -2.29. The van der Waals surface area contributed by atoms with Crippen molar-refractivity contribution in [3.05, 3.63) is 59.7 Å². The van der Waals surface area contributed by atoms with Crippen molar-refractivity contribution >= 4 is 11.6 Å². The molecule has 3 aromatic rings. The van der Waals surface area contributed by atoms with Crippen molar-refractivity contribution in [1.29, 1.82) is 0 Å². The third-order valence-corrected chi connectivity index (χ3v) is 5.42. The van der Waals surface area contributed by atoms with Gasteiger partial charge in [0.1, 0.15) is 17.7 Å². The minimum absolute atomic E-state index is 0.0128. The Balaban J connectivity index is 1.68.